The second-order valence-electron chi connectivity index (χ2n) is 6.80. The fraction of sp³-hybridized carbons (Fsp3) is 0.400. The molecule has 0 spiro atoms. The highest BCUT2D eigenvalue weighted by molar-refractivity contribution is 5.69. The Morgan fingerprint density at radius 2 is 2.15 bits per heavy atom. The number of hydrogen-bond donors (Lipinski definition) is 2. The summed E-state index contributed by atoms with van der Waals surface area (Å²) in [6, 6.07) is 13.5. The fourth-order valence-electron chi connectivity index (χ4n) is 3.25. The standard InChI is InChI=1S/C20H26N4O3/c1-15-5-3-4-6-20(15)27-12-10-22-18-13-17(7-8-19(18)24(25)26)23-11-9-21-16(2)14-23/h3-8,13,16,21-22H,9-12,14H2,1-2H3/t16-/m1/s1. The van der Waals surface area contributed by atoms with Gasteiger partial charge in [0.1, 0.15) is 18.0 Å². The van der Waals surface area contributed by atoms with E-state index in [0.717, 1.165) is 36.6 Å². The molecule has 0 amide bonds. The van der Waals surface area contributed by atoms with Gasteiger partial charge in [-0.1, -0.05) is 18.2 Å². The van der Waals surface area contributed by atoms with E-state index in [4.69, 9.17) is 4.74 Å². The Bertz CT molecular complexity index is 797. The van der Waals surface area contributed by atoms with E-state index in [1.54, 1.807) is 6.07 Å². The van der Waals surface area contributed by atoms with Gasteiger partial charge in [-0.25, -0.2) is 0 Å². The molecule has 0 saturated carbocycles. The van der Waals surface area contributed by atoms with Crippen LogP contribution in [0.4, 0.5) is 17.1 Å². The van der Waals surface area contributed by atoms with Crippen LogP contribution in [-0.2, 0) is 0 Å². The monoisotopic (exact) mass is 370 g/mol. The van der Waals surface area contributed by atoms with Gasteiger partial charge in [-0.15, -0.1) is 0 Å². The predicted molar refractivity (Wildman–Crippen MR) is 108 cm³/mol. The second kappa shape index (κ2) is 8.73. The Balaban J connectivity index is 1.66. The van der Waals surface area contributed by atoms with Crippen LogP contribution in [-0.4, -0.2) is 43.8 Å². The Kier molecular flexibility index (Phi) is 6.13. The van der Waals surface area contributed by atoms with Crippen molar-refractivity contribution in [2.75, 3.05) is 43.0 Å². The molecule has 1 saturated heterocycles. The summed E-state index contributed by atoms with van der Waals surface area (Å²) < 4.78 is 5.77. The van der Waals surface area contributed by atoms with E-state index in [-0.39, 0.29) is 10.6 Å². The summed E-state index contributed by atoms with van der Waals surface area (Å²) >= 11 is 0. The minimum Gasteiger partial charge on any atom is -0.491 e. The summed E-state index contributed by atoms with van der Waals surface area (Å²) in [7, 11) is 0. The number of nitro groups is 1. The molecule has 2 N–H and O–H groups in total. The van der Waals surface area contributed by atoms with Gasteiger partial charge in [0.25, 0.3) is 5.69 Å². The van der Waals surface area contributed by atoms with Crippen LogP contribution in [0.3, 0.4) is 0 Å². The van der Waals surface area contributed by atoms with Crippen LogP contribution < -0.4 is 20.3 Å². The Morgan fingerprint density at radius 3 is 2.89 bits per heavy atom. The van der Waals surface area contributed by atoms with Gasteiger partial charge in [-0.3, -0.25) is 10.1 Å². The van der Waals surface area contributed by atoms with Gasteiger partial charge >= 0.3 is 0 Å². The van der Waals surface area contributed by atoms with Crippen LogP contribution in [0.1, 0.15) is 12.5 Å². The number of benzene rings is 2. The first-order valence-electron chi connectivity index (χ1n) is 9.23. The van der Waals surface area contributed by atoms with Crippen LogP contribution in [0, 0.1) is 17.0 Å². The van der Waals surface area contributed by atoms with Crippen molar-refractivity contribution in [3.8, 4) is 5.75 Å². The highest BCUT2D eigenvalue weighted by atomic mass is 16.6. The number of nitrogens with one attached hydrogen (secondary N) is 2. The van der Waals surface area contributed by atoms with E-state index < -0.39 is 0 Å². The maximum absolute atomic E-state index is 11.4. The van der Waals surface area contributed by atoms with Crippen LogP contribution in [0.25, 0.3) is 0 Å². The highest BCUT2D eigenvalue weighted by Gasteiger charge is 2.20. The first-order chi connectivity index (χ1) is 13.0. The molecule has 7 nitrogen and oxygen atoms in total. The summed E-state index contributed by atoms with van der Waals surface area (Å²) in [5, 5.41) is 17.9. The molecule has 1 fully saturated rings. The van der Waals surface area contributed by atoms with E-state index in [9.17, 15) is 10.1 Å². The summed E-state index contributed by atoms with van der Waals surface area (Å²) in [6.07, 6.45) is 0. The maximum atomic E-state index is 11.4. The molecular weight excluding hydrogens is 344 g/mol. The van der Waals surface area contributed by atoms with Crippen molar-refractivity contribution in [1.29, 1.82) is 0 Å². The molecular formula is C20H26N4O3. The molecule has 0 aromatic heterocycles. The topological polar surface area (TPSA) is 79.7 Å². The number of anilines is 2. The molecule has 0 radical (unpaired) electrons. The summed E-state index contributed by atoms with van der Waals surface area (Å²) in [5.74, 6) is 0.831. The Hall–Kier alpha value is -2.80. The number of ether oxygens (including phenoxy) is 1. The summed E-state index contributed by atoms with van der Waals surface area (Å²) in [6.45, 7) is 7.72. The third kappa shape index (κ3) is 4.89. The van der Waals surface area contributed by atoms with Crippen LogP contribution in [0.2, 0.25) is 0 Å². The van der Waals surface area contributed by atoms with E-state index >= 15 is 0 Å². The Morgan fingerprint density at radius 1 is 1.33 bits per heavy atom. The van der Waals surface area contributed by atoms with Crippen molar-refractivity contribution >= 4 is 17.1 Å². The SMILES string of the molecule is Cc1ccccc1OCCNc1cc(N2CCN[C@H](C)C2)ccc1[N+](=O)[O-]. The van der Waals surface area contributed by atoms with Crippen molar-refractivity contribution in [3.05, 3.63) is 58.1 Å². The molecule has 7 heteroatoms. The molecule has 1 aliphatic heterocycles. The van der Waals surface area contributed by atoms with Gasteiger partial charge in [-0.05, 0) is 37.6 Å². The molecule has 144 valence electrons. The van der Waals surface area contributed by atoms with Gasteiger partial charge in [-0.2, -0.15) is 0 Å². The normalized spacial score (nSPS) is 16.8. The third-order valence-corrected chi connectivity index (χ3v) is 4.68. The van der Waals surface area contributed by atoms with Crippen LogP contribution in [0.15, 0.2) is 42.5 Å². The average molecular weight is 370 g/mol. The van der Waals surface area contributed by atoms with E-state index in [2.05, 4.69) is 22.5 Å². The molecule has 2 aromatic rings. The number of hydrogen-bond acceptors (Lipinski definition) is 6. The molecule has 0 bridgehead atoms. The lowest BCUT2D eigenvalue weighted by atomic mass is 10.1. The van der Waals surface area contributed by atoms with Crippen molar-refractivity contribution in [3.63, 3.8) is 0 Å². The minimum atomic E-state index is -0.352. The summed E-state index contributed by atoms with van der Waals surface area (Å²) in [5.41, 5.74) is 2.67. The van der Waals surface area contributed by atoms with Crippen molar-refractivity contribution in [1.82, 2.24) is 5.32 Å². The largest absolute Gasteiger partial charge is 0.491 e. The van der Waals surface area contributed by atoms with Crippen molar-refractivity contribution in [2.45, 2.75) is 19.9 Å². The Labute approximate surface area is 159 Å². The van der Waals surface area contributed by atoms with Gasteiger partial charge in [0.05, 0.1) is 4.92 Å². The van der Waals surface area contributed by atoms with Crippen LogP contribution >= 0.6 is 0 Å². The maximum Gasteiger partial charge on any atom is 0.292 e. The molecule has 1 aliphatic rings. The molecule has 0 unspecified atom stereocenters. The number of rotatable bonds is 7. The average Bonchev–Trinajstić information content (AvgIpc) is 2.66. The molecule has 2 aromatic carbocycles. The zero-order valence-electron chi connectivity index (χ0n) is 15.8. The van der Waals surface area contributed by atoms with Crippen molar-refractivity contribution < 1.29 is 9.66 Å². The molecule has 3 rings (SSSR count). The first-order valence-corrected chi connectivity index (χ1v) is 9.23. The van der Waals surface area contributed by atoms with Gasteiger partial charge in [0, 0.05) is 44.0 Å². The number of aryl methyl sites for hydroxylation is 1. The van der Waals surface area contributed by atoms with Crippen molar-refractivity contribution in [2.24, 2.45) is 0 Å². The zero-order valence-corrected chi connectivity index (χ0v) is 15.8. The number of nitro benzene ring substituents is 1. The molecule has 1 heterocycles. The zero-order chi connectivity index (χ0) is 19.2. The lowest BCUT2D eigenvalue weighted by Crippen LogP contribution is -2.49. The van der Waals surface area contributed by atoms with Crippen LogP contribution in [0.5, 0.6) is 5.75 Å². The number of nitrogens with zero attached hydrogens (tertiary/aromatic N) is 2. The van der Waals surface area contributed by atoms with E-state index in [1.165, 1.54) is 0 Å². The highest BCUT2D eigenvalue weighted by Crippen LogP contribution is 2.30. The van der Waals surface area contributed by atoms with Gasteiger partial charge in [0.2, 0.25) is 0 Å². The molecule has 1 atom stereocenters. The lowest BCUT2D eigenvalue weighted by Gasteiger charge is -2.33. The smallest absolute Gasteiger partial charge is 0.292 e. The summed E-state index contributed by atoms with van der Waals surface area (Å²) in [4.78, 5) is 13.3. The van der Waals surface area contributed by atoms with Gasteiger partial charge in [0.15, 0.2) is 0 Å². The third-order valence-electron chi connectivity index (χ3n) is 4.68. The quantitative estimate of drug-likeness (QED) is 0.443. The molecule has 27 heavy (non-hydrogen) atoms. The van der Waals surface area contributed by atoms with E-state index in [0.29, 0.717) is 24.9 Å². The second-order valence-corrected chi connectivity index (χ2v) is 6.80. The van der Waals surface area contributed by atoms with Gasteiger partial charge < -0.3 is 20.3 Å². The molecule has 0 aliphatic carbocycles. The fourth-order valence-corrected chi connectivity index (χ4v) is 3.25. The van der Waals surface area contributed by atoms with E-state index in [1.807, 2.05) is 43.3 Å². The number of piperazine rings is 1. The minimum absolute atomic E-state index is 0.0813. The lowest BCUT2D eigenvalue weighted by molar-refractivity contribution is -0.383. The number of para-hydroxylation sites is 1. The predicted octanol–water partition coefficient (Wildman–Crippen LogP) is 3.19. The first kappa shape index (κ1) is 19.0.